The zero-order valence-electron chi connectivity index (χ0n) is 15.7. The molecular formula is C22H24NO4S+. The third-order valence-electron chi connectivity index (χ3n) is 4.17. The lowest BCUT2D eigenvalue weighted by atomic mass is 10.2. The van der Waals surface area contributed by atoms with Crippen molar-refractivity contribution in [3.05, 3.63) is 89.7 Å². The first-order chi connectivity index (χ1) is 13.7. The molecule has 0 bridgehead atoms. The van der Waals surface area contributed by atoms with Crippen molar-refractivity contribution >= 4 is 11.8 Å². The standard InChI is InChI=1S/C22H24NO4S/c1-28-16-20(24)19-12-21(26-14-17-8-4-2-5-9-17)22(13-23(19)25)27-15-18-10-6-3-7-11-18/h2-13,20,24-25H,14-16H2,1H3/q+1. The summed E-state index contributed by atoms with van der Waals surface area (Å²) in [6.45, 7) is 0.700. The predicted molar refractivity (Wildman–Crippen MR) is 109 cm³/mol. The third kappa shape index (κ3) is 5.41. The number of hydrogen-bond donors (Lipinski definition) is 2. The van der Waals surface area contributed by atoms with E-state index in [0.29, 0.717) is 36.2 Å². The molecule has 1 unspecified atom stereocenters. The molecule has 2 N–H and O–H groups in total. The third-order valence-corrected chi connectivity index (χ3v) is 4.82. The maximum absolute atomic E-state index is 10.3. The van der Waals surface area contributed by atoms with Crippen LogP contribution in [-0.2, 0) is 13.2 Å². The number of nitrogens with zero attached hydrogens (tertiary/aromatic N) is 1. The van der Waals surface area contributed by atoms with Crippen LogP contribution in [0.4, 0.5) is 0 Å². The Morgan fingerprint density at radius 3 is 1.96 bits per heavy atom. The molecule has 2 aromatic carbocycles. The molecule has 3 rings (SSSR count). The number of rotatable bonds is 9. The number of pyridine rings is 1. The summed E-state index contributed by atoms with van der Waals surface area (Å²) < 4.78 is 12.8. The van der Waals surface area contributed by atoms with E-state index in [4.69, 9.17) is 9.47 Å². The van der Waals surface area contributed by atoms with Crippen molar-refractivity contribution in [1.29, 1.82) is 0 Å². The Hall–Kier alpha value is -2.70. The van der Waals surface area contributed by atoms with Gasteiger partial charge in [-0.3, -0.25) is 5.21 Å². The fourth-order valence-corrected chi connectivity index (χ4v) is 3.19. The van der Waals surface area contributed by atoms with Gasteiger partial charge < -0.3 is 14.6 Å². The molecule has 0 aliphatic carbocycles. The van der Waals surface area contributed by atoms with E-state index in [1.165, 1.54) is 18.0 Å². The second-order valence-corrected chi connectivity index (χ2v) is 7.20. The minimum absolute atomic E-state index is 0.343. The minimum Gasteiger partial charge on any atom is -0.485 e. The van der Waals surface area contributed by atoms with E-state index in [1.807, 2.05) is 66.9 Å². The summed E-state index contributed by atoms with van der Waals surface area (Å²) in [7, 11) is 0. The van der Waals surface area contributed by atoms with Crippen molar-refractivity contribution < 1.29 is 24.5 Å². The van der Waals surface area contributed by atoms with E-state index in [1.54, 1.807) is 6.07 Å². The van der Waals surface area contributed by atoms with Gasteiger partial charge in [-0.1, -0.05) is 60.7 Å². The van der Waals surface area contributed by atoms with E-state index in [2.05, 4.69) is 0 Å². The van der Waals surface area contributed by atoms with Gasteiger partial charge in [0, 0.05) is 10.5 Å². The molecule has 0 aliphatic rings. The monoisotopic (exact) mass is 398 g/mol. The topological polar surface area (TPSA) is 62.8 Å². The molecule has 1 aromatic heterocycles. The SMILES string of the molecule is CSCC(O)c1cc(OCc2ccccc2)c(OCc2ccccc2)c[n+]1O. The van der Waals surface area contributed by atoms with Gasteiger partial charge in [0.1, 0.15) is 13.2 Å². The number of hydrogen-bond acceptors (Lipinski definition) is 5. The molecular weight excluding hydrogens is 374 g/mol. The fourth-order valence-electron chi connectivity index (χ4n) is 2.70. The number of benzene rings is 2. The average Bonchev–Trinajstić information content (AvgIpc) is 2.73. The van der Waals surface area contributed by atoms with Gasteiger partial charge in [0.25, 0.3) is 11.9 Å². The van der Waals surface area contributed by atoms with Crippen LogP contribution < -0.4 is 14.2 Å². The average molecular weight is 399 g/mol. The zero-order chi connectivity index (χ0) is 19.8. The molecule has 0 saturated carbocycles. The van der Waals surface area contributed by atoms with Crippen molar-refractivity contribution in [1.82, 2.24) is 0 Å². The maximum atomic E-state index is 10.3. The molecule has 0 spiro atoms. The Bertz CT molecular complexity index is 874. The van der Waals surface area contributed by atoms with E-state index >= 15 is 0 Å². The quantitative estimate of drug-likeness (QED) is 0.424. The summed E-state index contributed by atoms with van der Waals surface area (Å²) >= 11 is 1.49. The van der Waals surface area contributed by atoms with Gasteiger partial charge in [0.15, 0.2) is 11.9 Å². The Labute approximate surface area is 169 Å². The summed E-state index contributed by atoms with van der Waals surface area (Å²) in [4.78, 5) is 0. The fraction of sp³-hybridized carbons (Fsp3) is 0.227. The minimum atomic E-state index is -0.817. The smallest absolute Gasteiger partial charge is 0.268 e. The Balaban J connectivity index is 1.83. The van der Waals surface area contributed by atoms with Crippen molar-refractivity contribution in [3.8, 4) is 11.5 Å². The van der Waals surface area contributed by atoms with Crippen LogP contribution in [0.1, 0.15) is 22.9 Å². The first-order valence-corrected chi connectivity index (χ1v) is 10.4. The molecule has 0 fully saturated rings. The first-order valence-electron chi connectivity index (χ1n) is 8.96. The van der Waals surface area contributed by atoms with Crippen molar-refractivity contribution in [2.45, 2.75) is 19.3 Å². The lowest BCUT2D eigenvalue weighted by molar-refractivity contribution is -0.911. The van der Waals surface area contributed by atoms with Crippen LogP contribution in [0, 0.1) is 0 Å². The zero-order valence-corrected chi connectivity index (χ0v) is 16.5. The Morgan fingerprint density at radius 1 is 0.893 bits per heavy atom. The van der Waals surface area contributed by atoms with Gasteiger partial charge in [-0.25, -0.2) is 0 Å². The first kappa shape index (κ1) is 20.0. The highest BCUT2D eigenvalue weighted by Gasteiger charge is 2.25. The normalized spacial score (nSPS) is 11.8. The number of ether oxygens (including phenoxy) is 2. The van der Waals surface area contributed by atoms with Crippen molar-refractivity contribution in [3.63, 3.8) is 0 Å². The highest BCUT2D eigenvalue weighted by atomic mass is 32.2. The van der Waals surface area contributed by atoms with Gasteiger partial charge in [0.2, 0.25) is 5.75 Å². The summed E-state index contributed by atoms with van der Waals surface area (Å²) in [5.74, 6) is 1.34. The van der Waals surface area contributed by atoms with Crippen molar-refractivity contribution in [2.75, 3.05) is 12.0 Å². The van der Waals surface area contributed by atoms with Gasteiger partial charge in [-0.05, 0) is 17.4 Å². The molecule has 3 aromatic rings. The molecule has 0 aliphatic heterocycles. The van der Waals surface area contributed by atoms with Crippen LogP contribution in [-0.4, -0.2) is 22.3 Å². The number of aliphatic hydroxyl groups excluding tert-OH is 1. The van der Waals surface area contributed by atoms with Crippen LogP contribution in [0.25, 0.3) is 0 Å². The molecule has 146 valence electrons. The van der Waals surface area contributed by atoms with Gasteiger partial charge >= 0.3 is 0 Å². The predicted octanol–water partition coefficient (Wildman–Crippen LogP) is 3.77. The molecule has 1 atom stereocenters. The molecule has 28 heavy (non-hydrogen) atoms. The van der Waals surface area contributed by atoms with E-state index < -0.39 is 6.10 Å². The summed E-state index contributed by atoms with van der Waals surface area (Å²) in [5.41, 5.74) is 2.38. The molecule has 0 radical (unpaired) electrons. The second kappa shape index (κ2) is 10.0. The lowest BCUT2D eigenvalue weighted by Crippen LogP contribution is -2.37. The number of aliphatic hydroxyl groups is 1. The lowest BCUT2D eigenvalue weighted by Gasteiger charge is -2.13. The summed E-state index contributed by atoms with van der Waals surface area (Å²) in [6, 6.07) is 21.2. The molecule has 5 nitrogen and oxygen atoms in total. The van der Waals surface area contributed by atoms with E-state index in [9.17, 15) is 10.3 Å². The highest BCUT2D eigenvalue weighted by molar-refractivity contribution is 7.98. The van der Waals surface area contributed by atoms with E-state index in [0.717, 1.165) is 15.9 Å². The van der Waals surface area contributed by atoms with E-state index in [-0.39, 0.29) is 0 Å². The van der Waals surface area contributed by atoms with Gasteiger partial charge in [-0.2, -0.15) is 11.8 Å². The Morgan fingerprint density at radius 2 is 1.43 bits per heavy atom. The van der Waals surface area contributed by atoms with Gasteiger partial charge in [0.05, 0.1) is 6.07 Å². The van der Waals surface area contributed by atoms with Gasteiger partial charge in [-0.15, -0.1) is 0 Å². The molecule has 1 heterocycles. The van der Waals surface area contributed by atoms with Crippen LogP contribution in [0.15, 0.2) is 72.9 Å². The van der Waals surface area contributed by atoms with Crippen LogP contribution >= 0.6 is 11.8 Å². The molecule has 0 amide bonds. The highest BCUT2D eigenvalue weighted by Crippen LogP contribution is 2.30. The summed E-state index contributed by atoms with van der Waals surface area (Å²) in [6.07, 6.45) is 2.51. The number of thioether (sulfide) groups is 1. The molecule has 0 saturated heterocycles. The summed E-state index contributed by atoms with van der Waals surface area (Å²) in [5, 5.41) is 20.6. The second-order valence-electron chi connectivity index (χ2n) is 6.29. The number of aromatic nitrogens is 1. The maximum Gasteiger partial charge on any atom is 0.268 e. The Kier molecular flexibility index (Phi) is 7.17. The van der Waals surface area contributed by atoms with Crippen LogP contribution in [0.5, 0.6) is 11.5 Å². The van der Waals surface area contributed by atoms with Crippen molar-refractivity contribution in [2.24, 2.45) is 0 Å². The largest absolute Gasteiger partial charge is 0.485 e. The van der Waals surface area contributed by atoms with Crippen LogP contribution in [0.2, 0.25) is 0 Å². The molecule has 6 heteroatoms. The van der Waals surface area contributed by atoms with Crippen LogP contribution in [0.3, 0.4) is 0 Å².